The van der Waals surface area contributed by atoms with Gasteiger partial charge in [-0.15, -0.1) is 0 Å². The summed E-state index contributed by atoms with van der Waals surface area (Å²) in [5.74, 6) is 1.66. The molecule has 0 aromatic heterocycles. The number of hydrogen-bond acceptors (Lipinski definition) is 4. The summed E-state index contributed by atoms with van der Waals surface area (Å²) in [5, 5.41) is 0. The Labute approximate surface area is 253 Å². The molecule has 0 aliphatic carbocycles. The quantitative estimate of drug-likeness (QED) is 0.0622. The molecule has 42 heavy (non-hydrogen) atoms. The number of rotatable bonds is 19. The Balaban J connectivity index is 1.43. The van der Waals surface area contributed by atoms with Crippen molar-refractivity contribution in [3.8, 4) is 22.6 Å². The lowest BCUT2D eigenvalue weighted by Crippen LogP contribution is -2.12. The van der Waals surface area contributed by atoms with Gasteiger partial charge in [0, 0.05) is 11.5 Å². The largest absolute Gasteiger partial charge is 0.494 e. The van der Waals surface area contributed by atoms with Gasteiger partial charge in [0.15, 0.2) is 5.78 Å². The van der Waals surface area contributed by atoms with Gasteiger partial charge < -0.3 is 9.47 Å². The van der Waals surface area contributed by atoms with Crippen LogP contribution in [0.25, 0.3) is 11.1 Å². The molecule has 0 radical (unpaired) electrons. The van der Waals surface area contributed by atoms with E-state index in [1.807, 2.05) is 43.3 Å². The second-order valence-electron chi connectivity index (χ2n) is 11.9. The maximum absolute atomic E-state index is 12.7. The molecule has 226 valence electrons. The molecular weight excluding hydrogens is 520 g/mol. The van der Waals surface area contributed by atoms with Crippen LogP contribution in [0.3, 0.4) is 0 Å². The molecule has 0 aliphatic rings. The summed E-state index contributed by atoms with van der Waals surface area (Å²) in [6.45, 7) is 9.40. The van der Waals surface area contributed by atoms with Crippen molar-refractivity contribution >= 4 is 11.8 Å². The lowest BCUT2D eigenvalue weighted by atomic mass is 9.93. The van der Waals surface area contributed by atoms with E-state index < -0.39 is 5.97 Å². The van der Waals surface area contributed by atoms with Crippen molar-refractivity contribution in [3.63, 3.8) is 0 Å². The predicted octanol–water partition coefficient (Wildman–Crippen LogP) is 10.7. The fourth-order valence-electron chi connectivity index (χ4n) is 5.07. The lowest BCUT2D eigenvalue weighted by molar-refractivity contribution is 0.0734. The normalized spacial score (nSPS) is 11.8. The van der Waals surface area contributed by atoms with Crippen LogP contribution in [-0.4, -0.2) is 18.4 Å². The van der Waals surface area contributed by atoms with Gasteiger partial charge in [-0.2, -0.15) is 0 Å². The highest BCUT2D eigenvalue weighted by Gasteiger charge is 2.16. The number of ether oxygens (including phenoxy) is 2. The van der Waals surface area contributed by atoms with Crippen LogP contribution in [0.2, 0.25) is 0 Å². The van der Waals surface area contributed by atoms with E-state index in [0.29, 0.717) is 22.8 Å². The van der Waals surface area contributed by atoms with Crippen LogP contribution < -0.4 is 9.47 Å². The molecular formula is C38H50O4. The molecule has 0 saturated heterocycles. The molecule has 0 aliphatic heterocycles. The van der Waals surface area contributed by atoms with Gasteiger partial charge in [0.2, 0.25) is 0 Å². The first-order valence-corrected chi connectivity index (χ1v) is 16.1. The van der Waals surface area contributed by atoms with Crippen LogP contribution in [0, 0.1) is 11.8 Å². The summed E-state index contributed by atoms with van der Waals surface area (Å²) in [6, 6.07) is 22.4. The molecule has 4 nitrogen and oxygen atoms in total. The van der Waals surface area contributed by atoms with Gasteiger partial charge in [0.1, 0.15) is 11.5 Å². The topological polar surface area (TPSA) is 52.6 Å². The predicted molar refractivity (Wildman–Crippen MR) is 174 cm³/mol. The Morgan fingerprint density at radius 2 is 1.12 bits per heavy atom. The van der Waals surface area contributed by atoms with Gasteiger partial charge >= 0.3 is 5.97 Å². The van der Waals surface area contributed by atoms with Gasteiger partial charge in [0.05, 0.1) is 12.2 Å². The maximum Gasteiger partial charge on any atom is 0.343 e. The Morgan fingerprint density at radius 3 is 1.71 bits per heavy atom. The van der Waals surface area contributed by atoms with E-state index in [1.54, 1.807) is 36.4 Å². The zero-order valence-electron chi connectivity index (χ0n) is 26.2. The first kappa shape index (κ1) is 33.1. The van der Waals surface area contributed by atoms with Crippen molar-refractivity contribution in [2.24, 2.45) is 11.8 Å². The maximum atomic E-state index is 12.7. The molecule has 3 aromatic rings. The minimum Gasteiger partial charge on any atom is -0.494 e. The number of hydrogen-bond donors (Lipinski definition) is 0. The third-order valence-corrected chi connectivity index (χ3v) is 7.79. The first-order chi connectivity index (χ1) is 20.4. The Bertz CT molecular complexity index is 1190. The molecule has 0 heterocycles. The fourth-order valence-corrected chi connectivity index (χ4v) is 5.07. The summed E-state index contributed by atoms with van der Waals surface area (Å²) >= 11 is 0. The van der Waals surface area contributed by atoms with Gasteiger partial charge in [-0.1, -0.05) is 110 Å². The first-order valence-electron chi connectivity index (χ1n) is 16.1. The van der Waals surface area contributed by atoms with Crippen LogP contribution in [-0.2, 0) is 0 Å². The molecule has 0 N–H and O–H groups in total. The molecule has 1 unspecified atom stereocenters. The summed E-state index contributed by atoms with van der Waals surface area (Å²) in [6.07, 6.45) is 13.4. The van der Waals surface area contributed by atoms with Gasteiger partial charge in [-0.05, 0) is 78.4 Å². The SMILES string of the molecule is CCCCCCCCCCOc1ccc(-c2ccc(C(=O)Oc3ccc(C(=O)C(C)CCCC(C)C)cc3)cc2)cc1. The van der Waals surface area contributed by atoms with E-state index in [9.17, 15) is 9.59 Å². The Kier molecular flexibility index (Phi) is 14.3. The van der Waals surface area contributed by atoms with Gasteiger partial charge in [-0.3, -0.25) is 4.79 Å². The van der Waals surface area contributed by atoms with Crippen molar-refractivity contribution < 1.29 is 19.1 Å². The van der Waals surface area contributed by atoms with Crippen molar-refractivity contribution in [1.82, 2.24) is 0 Å². The Hall–Kier alpha value is -3.40. The van der Waals surface area contributed by atoms with E-state index >= 15 is 0 Å². The molecule has 0 spiro atoms. The van der Waals surface area contributed by atoms with E-state index in [2.05, 4.69) is 20.8 Å². The zero-order valence-corrected chi connectivity index (χ0v) is 26.2. The van der Waals surface area contributed by atoms with Crippen molar-refractivity contribution in [1.29, 1.82) is 0 Å². The second-order valence-corrected chi connectivity index (χ2v) is 11.9. The average Bonchev–Trinajstić information content (AvgIpc) is 3.00. The minimum absolute atomic E-state index is 0.0147. The molecule has 4 heteroatoms. The number of carbonyl (C=O) groups is 2. The summed E-state index contributed by atoms with van der Waals surface area (Å²) in [7, 11) is 0. The third-order valence-electron chi connectivity index (χ3n) is 7.79. The number of unbranched alkanes of at least 4 members (excludes halogenated alkanes) is 7. The fraction of sp³-hybridized carbons (Fsp3) is 0.474. The van der Waals surface area contributed by atoms with E-state index in [-0.39, 0.29) is 11.7 Å². The Morgan fingerprint density at radius 1 is 0.595 bits per heavy atom. The van der Waals surface area contributed by atoms with Gasteiger partial charge in [-0.25, -0.2) is 4.79 Å². The van der Waals surface area contributed by atoms with Crippen molar-refractivity contribution in [3.05, 3.63) is 83.9 Å². The number of ketones is 1. The van der Waals surface area contributed by atoms with Crippen molar-refractivity contribution in [2.45, 2.75) is 98.3 Å². The molecule has 0 saturated carbocycles. The van der Waals surface area contributed by atoms with E-state index in [0.717, 1.165) is 49.2 Å². The lowest BCUT2D eigenvalue weighted by Gasteiger charge is -2.12. The zero-order chi connectivity index (χ0) is 30.2. The molecule has 3 aromatic carbocycles. The highest BCUT2D eigenvalue weighted by molar-refractivity contribution is 5.98. The number of carbonyl (C=O) groups excluding carboxylic acids is 2. The highest BCUT2D eigenvalue weighted by Crippen LogP contribution is 2.24. The van der Waals surface area contributed by atoms with Crippen LogP contribution >= 0.6 is 0 Å². The molecule has 1 atom stereocenters. The number of esters is 1. The monoisotopic (exact) mass is 570 g/mol. The number of Topliss-reactive ketones (excluding diaryl/α,β-unsaturated/α-hetero) is 1. The van der Waals surface area contributed by atoms with Crippen LogP contribution in [0.4, 0.5) is 0 Å². The average molecular weight is 571 g/mol. The second kappa shape index (κ2) is 18.2. The van der Waals surface area contributed by atoms with Crippen LogP contribution in [0.5, 0.6) is 11.5 Å². The van der Waals surface area contributed by atoms with Crippen LogP contribution in [0.15, 0.2) is 72.8 Å². The molecule has 0 bridgehead atoms. The molecule has 3 rings (SSSR count). The summed E-state index contributed by atoms with van der Waals surface area (Å²) in [5.41, 5.74) is 3.21. The smallest absolute Gasteiger partial charge is 0.343 e. The summed E-state index contributed by atoms with van der Waals surface area (Å²) < 4.78 is 11.5. The standard InChI is InChI=1S/C38H50O4/c1-5-6-7-8-9-10-11-12-28-41-35-24-20-32(21-25-35)31-16-18-34(19-17-31)38(40)42-36-26-22-33(23-27-36)37(39)30(4)15-13-14-29(2)3/h16-27,29-30H,5-15,28H2,1-4H3. The van der Waals surface area contributed by atoms with E-state index in [1.165, 1.54) is 44.9 Å². The third kappa shape index (κ3) is 11.5. The van der Waals surface area contributed by atoms with Gasteiger partial charge in [0.25, 0.3) is 0 Å². The summed E-state index contributed by atoms with van der Waals surface area (Å²) in [4.78, 5) is 25.5. The van der Waals surface area contributed by atoms with E-state index in [4.69, 9.17) is 9.47 Å². The molecule has 0 amide bonds. The highest BCUT2D eigenvalue weighted by atomic mass is 16.5. The van der Waals surface area contributed by atoms with Crippen molar-refractivity contribution in [2.75, 3.05) is 6.61 Å². The van der Waals surface area contributed by atoms with Crippen LogP contribution in [0.1, 0.15) is 119 Å². The minimum atomic E-state index is -0.424. The number of benzene rings is 3. The molecule has 0 fully saturated rings.